The van der Waals surface area contributed by atoms with Crippen LogP contribution in [0.1, 0.15) is 74.1 Å². The Morgan fingerprint density at radius 1 is 1.16 bits per heavy atom. The summed E-state index contributed by atoms with van der Waals surface area (Å²) >= 11 is 0. The van der Waals surface area contributed by atoms with Crippen LogP contribution >= 0.6 is 0 Å². The molecule has 0 radical (unpaired) electrons. The van der Waals surface area contributed by atoms with Gasteiger partial charge in [-0.3, -0.25) is 19.3 Å². The highest BCUT2D eigenvalue weighted by atomic mass is 16.2. The van der Waals surface area contributed by atoms with Crippen molar-refractivity contribution in [3.8, 4) is 0 Å². The van der Waals surface area contributed by atoms with Crippen LogP contribution in [0.25, 0.3) is 0 Å². The minimum Gasteiger partial charge on any atom is -0.347 e. The molecule has 7 nitrogen and oxygen atoms in total. The normalized spacial score (nSPS) is 20.5. The molecule has 3 heterocycles. The van der Waals surface area contributed by atoms with Crippen molar-refractivity contribution in [1.82, 2.24) is 25.0 Å². The van der Waals surface area contributed by atoms with Crippen molar-refractivity contribution in [2.24, 2.45) is 11.8 Å². The Labute approximate surface area is 184 Å². The minimum atomic E-state index is -0.182. The van der Waals surface area contributed by atoms with E-state index in [1.807, 2.05) is 36.2 Å². The fraction of sp³-hybridized carbons (Fsp3) is 0.583. The molecule has 166 valence electrons. The minimum absolute atomic E-state index is 0.0334. The summed E-state index contributed by atoms with van der Waals surface area (Å²) in [5.74, 6) is 0.706. The smallest absolute Gasteiger partial charge is 0.274 e. The number of carbonyl (C=O) groups excluding carboxylic acids is 2. The third kappa shape index (κ3) is 5.32. The number of aromatic nitrogens is 3. The second kappa shape index (κ2) is 10.1. The first-order valence-corrected chi connectivity index (χ1v) is 11.7. The summed E-state index contributed by atoms with van der Waals surface area (Å²) in [7, 11) is 0. The van der Waals surface area contributed by atoms with Crippen molar-refractivity contribution in [3.63, 3.8) is 0 Å². The molecule has 0 spiro atoms. The number of amides is 2. The summed E-state index contributed by atoms with van der Waals surface area (Å²) in [5, 5.41) is 7.66. The van der Waals surface area contributed by atoms with Crippen LogP contribution in [0.4, 0.5) is 0 Å². The van der Waals surface area contributed by atoms with E-state index in [0.717, 1.165) is 44.5 Å². The first-order valence-electron chi connectivity index (χ1n) is 11.7. The molecule has 0 bridgehead atoms. The fourth-order valence-electron chi connectivity index (χ4n) is 4.98. The van der Waals surface area contributed by atoms with Crippen molar-refractivity contribution >= 4 is 11.8 Å². The molecular weight excluding hydrogens is 390 g/mol. The SMILES string of the molecule is CCn1ccc(C(=O)N2CCC[C@H]([C@@H](NC(=O)CC3CCCC3)c3ccccn3)C2)n1. The molecule has 2 aliphatic rings. The summed E-state index contributed by atoms with van der Waals surface area (Å²) in [6.45, 7) is 4.07. The number of rotatable bonds is 7. The number of hydrogen-bond acceptors (Lipinski definition) is 4. The summed E-state index contributed by atoms with van der Waals surface area (Å²) in [6, 6.07) is 7.43. The zero-order chi connectivity index (χ0) is 21.6. The van der Waals surface area contributed by atoms with Gasteiger partial charge in [-0.15, -0.1) is 0 Å². The van der Waals surface area contributed by atoms with Crippen molar-refractivity contribution in [2.75, 3.05) is 13.1 Å². The number of pyridine rings is 1. The Morgan fingerprint density at radius 3 is 2.71 bits per heavy atom. The average Bonchev–Trinajstić information content (AvgIpc) is 3.50. The summed E-state index contributed by atoms with van der Waals surface area (Å²) < 4.78 is 1.77. The van der Waals surface area contributed by atoms with E-state index in [4.69, 9.17) is 0 Å². The second-order valence-corrected chi connectivity index (χ2v) is 8.86. The molecule has 0 unspecified atom stereocenters. The predicted molar refractivity (Wildman–Crippen MR) is 118 cm³/mol. The van der Waals surface area contributed by atoms with E-state index >= 15 is 0 Å². The van der Waals surface area contributed by atoms with Crippen molar-refractivity contribution in [1.29, 1.82) is 0 Å². The second-order valence-electron chi connectivity index (χ2n) is 8.86. The molecule has 0 aromatic carbocycles. The van der Waals surface area contributed by atoms with Gasteiger partial charge in [0.2, 0.25) is 5.91 Å². The lowest BCUT2D eigenvalue weighted by molar-refractivity contribution is -0.123. The van der Waals surface area contributed by atoms with Gasteiger partial charge in [0, 0.05) is 44.4 Å². The molecule has 1 aliphatic carbocycles. The Hall–Kier alpha value is -2.70. The van der Waals surface area contributed by atoms with E-state index in [1.165, 1.54) is 12.8 Å². The van der Waals surface area contributed by atoms with E-state index in [1.54, 1.807) is 16.9 Å². The van der Waals surface area contributed by atoms with Crippen molar-refractivity contribution in [2.45, 2.75) is 64.5 Å². The van der Waals surface area contributed by atoms with Gasteiger partial charge in [-0.1, -0.05) is 18.9 Å². The van der Waals surface area contributed by atoms with Crippen molar-refractivity contribution in [3.05, 3.63) is 48.0 Å². The Kier molecular flexibility index (Phi) is 6.99. The lowest BCUT2D eigenvalue weighted by Gasteiger charge is -2.37. The van der Waals surface area contributed by atoms with Crippen LogP contribution in [-0.2, 0) is 11.3 Å². The van der Waals surface area contributed by atoms with Gasteiger partial charge in [0.15, 0.2) is 0 Å². The molecule has 1 N–H and O–H groups in total. The highest BCUT2D eigenvalue weighted by Crippen LogP contribution is 2.31. The summed E-state index contributed by atoms with van der Waals surface area (Å²) in [4.78, 5) is 32.3. The monoisotopic (exact) mass is 423 g/mol. The van der Waals surface area contributed by atoms with Gasteiger partial charge in [-0.25, -0.2) is 0 Å². The molecule has 2 fully saturated rings. The molecule has 4 rings (SSSR count). The molecule has 1 aliphatic heterocycles. The maximum atomic E-state index is 13.0. The van der Waals surface area contributed by atoms with E-state index in [9.17, 15) is 9.59 Å². The van der Waals surface area contributed by atoms with Crippen LogP contribution in [0, 0.1) is 11.8 Å². The van der Waals surface area contributed by atoms with Crippen LogP contribution in [0.3, 0.4) is 0 Å². The molecule has 2 aromatic rings. The van der Waals surface area contributed by atoms with Crippen LogP contribution in [0.5, 0.6) is 0 Å². The Morgan fingerprint density at radius 2 is 2.00 bits per heavy atom. The van der Waals surface area contributed by atoms with Gasteiger partial charge in [-0.2, -0.15) is 5.10 Å². The average molecular weight is 424 g/mol. The van der Waals surface area contributed by atoms with Gasteiger partial charge in [0.05, 0.1) is 11.7 Å². The zero-order valence-corrected chi connectivity index (χ0v) is 18.4. The van der Waals surface area contributed by atoms with Gasteiger partial charge in [0.1, 0.15) is 5.69 Å². The number of likely N-dealkylation sites (tertiary alicyclic amines) is 1. The van der Waals surface area contributed by atoms with Crippen LogP contribution in [-0.4, -0.2) is 44.6 Å². The number of nitrogens with one attached hydrogen (secondary N) is 1. The number of aryl methyl sites for hydroxylation is 1. The number of hydrogen-bond donors (Lipinski definition) is 1. The fourth-order valence-corrected chi connectivity index (χ4v) is 4.98. The predicted octanol–water partition coefficient (Wildman–Crippen LogP) is 3.59. The number of nitrogens with zero attached hydrogens (tertiary/aromatic N) is 4. The molecule has 1 saturated heterocycles. The Balaban J connectivity index is 1.47. The number of piperidine rings is 1. The Bertz CT molecular complexity index is 875. The van der Waals surface area contributed by atoms with Crippen molar-refractivity contribution < 1.29 is 9.59 Å². The summed E-state index contributed by atoms with van der Waals surface area (Å²) in [6.07, 6.45) is 10.8. The van der Waals surface area contributed by atoms with Gasteiger partial charge in [-0.05, 0) is 56.7 Å². The van der Waals surface area contributed by atoms with E-state index in [0.29, 0.717) is 24.6 Å². The van der Waals surface area contributed by atoms with E-state index < -0.39 is 0 Å². The molecule has 2 amide bonds. The molecule has 31 heavy (non-hydrogen) atoms. The third-order valence-corrected chi connectivity index (χ3v) is 6.67. The van der Waals surface area contributed by atoms with Gasteiger partial charge >= 0.3 is 0 Å². The quantitative estimate of drug-likeness (QED) is 0.738. The first-order chi connectivity index (χ1) is 15.1. The van der Waals surface area contributed by atoms with Gasteiger partial charge < -0.3 is 10.2 Å². The summed E-state index contributed by atoms with van der Waals surface area (Å²) in [5.41, 5.74) is 1.36. The zero-order valence-electron chi connectivity index (χ0n) is 18.4. The van der Waals surface area contributed by atoms with E-state index in [-0.39, 0.29) is 23.8 Å². The lowest BCUT2D eigenvalue weighted by atomic mass is 9.88. The molecule has 7 heteroatoms. The van der Waals surface area contributed by atoms with E-state index in [2.05, 4.69) is 15.4 Å². The van der Waals surface area contributed by atoms with Crippen LogP contribution < -0.4 is 5.32 Å². The number of carbonyl (C=O) groups is 2. The van der Waals surface area contributed by atoms with Crippen LogP contribution in [0.15, 0.2) is 36.7 Å². The maximum absolute atomic E-state index is 13.0. The standard InChI is InChI=1S/C24H33N5O2/c1-2-29-15-12-21(27-29)24(31)28-14-7-10-19(17-28)23(20-11-5-6-13-25-20)26-22(30)16-18-8-3-4-9-18/h5-6,11-13,15,18-19,23H,2-4,7-10,14,16-17H2,1H3,(H,26,30)/t19-,23+/m0/s1. The molecular formula is C24H33N5O2. The third-order valence-electron chi connectivity index (χ3n) is 6.67. The highest BCUT2D eigenvalue weighted by Gasteiger charge is 2.33. The first kappa shape index (κ1) is 21.5. The topological polar surface area (TPSA) is 80.1 Å². The molecule has 2 aromatic heterocycles. The lowest BCUT2D eigenvalue weighted by Crippen LogP contribution is -2.45. The highest BCUT2D eigenvalue weighted by molar-refractivity contribution is 5.92. The van der Waals surface area contributed by atoms with Gasteiger partial charge in [0.25, 0.3) is 5.91 Å². The van der Waals surface area contributed by atoms with Crippen LogP contribution in [0.2, 0.25) is 0 Å². The molecule has 2 atom stereocenters. The molecule has 1 saturated carbocycles. The largest absolute Gasteiger partial charge is 0.347 e. The maximum Gasteiger partial charge on any atom is 0.274 e.